The molecule has 0 amide bonds. The Balaban J connectivity index is 2.16. The summed E-state index contributed by atoms with van der Waals surface area (Å²) >= 11 is 0. The summed E-state index contributed by atoms with van der Waals surface area (Å²) in [5, 5.41) is 3.18. The minimum atomic E-state index is -3.12. The Morgan fingerprint density at radius 2 is 2.15 bits per heavy atom. The predicted octanol–water partition coefficient (Wildman–Crippen LogP) is -1.16. The lowest BCUT2D eigenvalue weighted by Crippen LogP contribution is -2.40. The molecule has 6 heteroatoms. The van der Waals surface area contributed by atoms with E-state index in [1.165, 1.54) is 4.31 Å². The Hall–Kier alpha value is -0.170. The highest BCUT2D eigenvalue weighted by molar-refractivity contribution is 7.87. The topological polar surface area (TPSA) is 52.6 Å². The Kier molecular flexibility index (Phi) is 2.31. The minimum Gasteiger partial charge on any atom is -0.315 e. The van der Waals surface area contributed by atoms with E-state index in [0.717, 1.165) is 19.5 Å². The zero-order valence-electron chi connectivity index (χ0n) is 7.73. The smallest absolute Gasteiger partial charge is 0.282 e. The summed E-state index contributed by atoms with van der Waals surface area (Å²) in [5.74, 6) is 0. The summed E-state index contributed by atoms with van der Waals surface area (Å²) in [7, 11) is -1.49. The molecule has 1 atom stereocenters. The number of nitrogens with zero attached hydrogens (tertiary/aromatic N) is 2. The first kappa shape index (κ1) is 9.39. The first-order chi connectivity index (χ1) is 6.12. The molecular formula is C7H15N3O2S. The molecule has 0 aromatic carbocycles. The molecule has 76 valence electrons. The van der Waals surface area contributed by atoms with Crippen LogP contribution < -0.4 is 5.32 Å². The molecule has 2 rings (SSSR count). The van der Waals surface area contributed by atoms with E-state index in [4.69, 9.17) is 0 Å². The molecule has 0 saturated carbocycles. The van der Waals surface area contributed by atoms with Crippen LogP contribution in [0.5, 0.6) is 0 Å². The van der Waals surface area contributed by atoms with Crippen LogP contribution in [-0.2, 0) is 10.2 Å². The first-order valence-corrected chi connectivity index (χ1v) is 5.96. The average Bonchev–Trinajstić information content (AvgIpc) is 2.62. The Morgan fingerprint density at radius 3 is 2.62 bits per heavy atom. The molecule has 2 aliphatic rings. The molecule has 2 heterocycles. The molecule has 5 nitrogen and oxygen atoms in total. The molecule has 0 aromatic heterocycles. The van der Waals surface area contributed by atoms with E-state index in [0.29, 0.717) is 13.1 Å². The van der Waals surface area contributed by atoms with Crippen molar-refractivity contribution in [3.8, 4) is 0 Å². The summed E-state index contributed by atoms with van der Waals surface area (Å²) < 4.78 is 26.4. The second-order valence-electron chi connectivity index (χ2n) is 3.59. The second kappa shape index (κ2) is 3.20. The fourth-order valence-electron chi connectivity index (χ4n) is 1.91. The molecule has 0 radical (unpaired) electrons. The van der Waals surface area contributed by atoms with Gasteiger partial charge in [0, 0.05) is 32.7 Å². The quantitative estimate of drug-likeness (QED) is 0.587. The van der Waals surface area contributed by atoms with E-state index < -0.39 is 10.2 Å². The fraction of sp³-hybridized carbons (Fsp3) is 1.00. The van der Waals surface area contributed by atoms with Crippen LogP contribution in [0.2, 0.25) is 0 Å². The van der Waals surface area contributed by atoms with E-state index in [9.17, 15) is 8.42 Å². The molecule has 1 N–H and O–H groups in total. The van der Waals surface area contributed by atoms with Crippen LogP contribution >= 0.6 is 0 Å². The van der Waals surface area contributed by atoms with E-state index in [-0.39, 0.29) is 6.04 Å². The average molecular weight is 205 g/mol. The van der Waals surface area contributed by atoms with E-state index in [2.05, 4.69) is 5.32 Å². The molecule has 2 saturated heterocycles. The Morgan fingerprint density at radius 1 is 1.38 bits per heavy atom. The monoisotopic (exact) mass is 205 g/mol. The molecule has 0 bridgehead atoms. The highest BCUT2D eigenvalue weighted by Crippen LogP contribution is 2.20. The van der Waals surface area contributed by atoms with Gasteiger partial charge in [0.25, 0.3) is 10.2 Å². The van der Waals surface area contributed by atoms with Gasteiger partial charge in [-0.3, -0.25) is 0 Å². The molecule has 2 fully saturated rings. The maximum absolute atomic E-state index is 11.7. The van der Waals surface area contributed by atoms with E-state index in [1.807, 2.05) is 0 Å². The lowest BCUT2D eigenvalue weighted by Gasteiger charge is -2.21. The summed E-state index contributed by atoms with van der Waals surface area (Å²) in [6.45, 7) is 3.00. The number of hydrogen-bond acceptors (Lipinski definition) is 3. The number of nitrogens with one attached hydrogen (secondary N) is 1. The van der Waals surface area contributed by atoms with Crippen LogP contribution in [-0.4, -0.2) is 56.3 Å². The summed E-state index contributed by atoms with van der Waals surface area (Å²) in [6.07, 6.45) is 0.938. The van der Waals surface area contributed by atoms with Gasteiger partial charge in [-0.1, -0.05) is 0 Å². The van der Waals surface area contributed by atoms with Gasteiger partial charge in [0.1, 0.15) is 0 Å². The molecule has 0 aromatic rings. The zero-order valence-corrected chi connectivity index (χ0v) is 8.55. The third kappa shape index (κ3) is 1.48. The molecule has 13 heavy (non-hydrogen) atoms. The van der Waals surface area contributed by atoms with Gasteiger partial charge in [-0.05, 0) is 13.0 Å². The maximum atomic E-state index is 11.7. The lowest BCUT2D eigenvalue weighted by atomic mass is 10.2. The van der Waals surface area contributed by atoms with Crippen LogP contribution in [0.25, 0.3) is 0 Å². The Labute approximate surface area is 78.9 Å². The summed E-state index contributed by atoms with van der Waals surface area (Å²) in [6, 6.07) is 0.176. The van der Waals surface area contributed by atoms with Crippen molar-refractivity contribution < 1.29 is 8.42 Å². The summed E-state index contributed by atoms with van der Waals surface area (Å²) in [5.41, 5.74) is 0. The number of hydrogen-bond donors (Lipinski definition) is 1. The molecule has 1 unspecified atom stereocenters. The van der Waals surface area contributed by atoms with Crippen molar-refractivity contribution in [2.75, 3.05) is 33.2 Å². The van der Waals surface area contributed by atoms with Crippen molar-refractivity contribution in [3.05, 3.63) is 0 Å². The van der Waals surface area contributed by atoms with Crippen molar-refractivity contribution in [3.63, 3.8) is 0 Å². The summed E-state index contributed by atoms with van der Waals surface area (Å²) in [4.78, 5) is 0. The third-order valence-corrected chi connectivity index (χ3v) is 4.81. The first-order valence-electron chi connectivity index (χ1n) is 4.56. The zero-order chi connectivity index (χ0) is 9.47. The standard InChI is InChI=1S/C7H15N3O2S/c1-9-4-5-10(13(9,11)12)7-2-3-8-6-7/h7-8H,2-6H2,1H3. The normalized spacial score (nSPS) is 35.6. The largest absolute Gasteiger partial charge is 0.315 e. The van der Waals surface area contributed by atoms with Crippen LogP contribution in [0.15, 0.2) is 0 Å². The second-order valence-corrected chi connectivity index (χ2v) is 5.57. The van der Waals surface area contributed by atoms with Crippen LogP contribution in [0, 0.1) is 0 Å². The van der Waals surface area contributed by atoms with Crippen molar-refractivity contribution >= 4 is 10.2 Å². The van der Waals surface area contributed by atoms with Crippen LogP contribution in [0.4, 0.5) is 0 Å². The SMILES string of the molecule is CN1CCN(C2CCNC2)S1(=O)=O. The molecule has 2 aliphatic heterocycles. The fourth-order valence-corrected chi connectivity index (χ4v) is 3.44. The Bertz CT molecular complexity index is 284. The number of likely N-dealkylation sites (N-methyl/N-ethyl adjacent to an activating group) is 1. The van der Waals surface area contributed by atoms with Crippen LogP contribution in [0.1, 0.15) is 6.42 Å². The minimum absolute atomic E-state index is 0.176. The van der Waals surface area contributed by atoms with Gasteiger partial charge >= 0.3 is 0 Å². The highest BCUT2D eigenvalue weighted by Gasteiger charge is 2.39. The molecule has 0 spiro atoms. The van der Waals surface area contributed by atoms with Crippen molar-refractivity contribution in [1.82, 2.24) is 13.9 Å². The van der Waals surface area contributed by atoms with Gasteiger partial charge in [0.2, 0.25) is 0 Å². The van der Waals surface area contributed by atoms with Gasteiger partial charge in [0.05, 0.1) is 0 Å². The van der Waals surface area contributed by atoms with Gasteiger partial charge in [0.15, 0.2) is 0 Å². The van der Waals surface area contributed by atoms with Gasteiger partial charge in [-0.25, -0.2) is 0 Å². The van der Waals surface area contributed by atoms with Gasteiger partial charge in [-0.15, -0.1) is 0 Å². The third-order valence-electron chi connectivity index (χ3n) is 2.77. The molecule has 0 aliphatic carbocycles. The van der Waals surface area contributed by atoms with E-state index in [1.54, 1.807) is 11.4 Å². The predicted molar refractivity (Wildman–Crippen MR) is 49.5 cm³/mol. The van der Waals surface area contributed by atoms with Gasteiger partial charge < -0.3 is 5.32 Å². The van der Waals surface area contributed by atoms with Crippen LogP contribution in [0.3, 0.4) is 0 Å². The van der Waals surface area contributed by atoms with Gasteiger partial charge in [-0.2, -0.15) is 17.0 Å². The van der Waals surface area contributed by atoms with Crippen molar-refractivity contribution in [2.45, 2.75) is 12.5 Å². The lowest BCUT2D eigenvalue weighted by molar-refractivity contribution is 0.365. The van der Waals surface area contributed by atoms with E-state index >= 15 is 0 Å². The van der Waals surface area contributed by atoms with Crippen molar-refractivity contribution in [1.29, 1.82) is 0 Å². The highest BCUT2D eigenvalue weighted by atomic mass is 32.2. The molecular weight excluding hydrogens is 190 g/mol. The van der Waals surface area contributed by atoms with Crippen molar-refractivity contribution in [2.24, 2.45) is 0 Å². The number of rotatable bonds is 1. The maximum Gasteiger partial charge on any atom is 0.282 e.